The summed E-state index contributed by atoms with van der Waals surface area (Å²) in [6, 6.07) is 3.66. The Balaban J connectivity index is 1.94. The number of hydrogen-bond acceptors (Lipinski definition) is 4. The molecule has 0 saturated carbocycles. The molecule has 0 bridgehead atoms. The van der Waals surface area contributed by atoms with Crippen LogP contribution in [-0.4, -0.2) is 47.0 Å². The maximum Gasteiger partial charge on any atom is 0.240 e. The molecule has 0 aromatic heterocycles. The molecule has 1 fully saturated rings. The van der Waals surface area contributed by atoms with Gasteiger partial charge in [-0.3, -0.25) is 0 Å². The van der Waals surface area contributed by atoms with Gasteiger partial charge in [0.1, 0.15) is 5.82 Å². The number of aryl methyl sites for hydroxylation is 1. The van der Waals surface area contributed by atoms with Gasteiger partial charge in [0, 0.05) is 19.6 Å². The molecular weight excluding hydrogens is 343 g/mol. The van der Waals surface area contributed by atoms with E-state index in [4.69, 9.17) is 0 Å². The highest BCUT2D eigenvalue weighted by Gasteiger charge is 2.26. The summed E-state index contributed by atoms with van der Waals surface area (Å²) in [7, 11) is -6.87. The molecule has 6 nitrogen and oxygen atoms in total. The molecule has 130 valence electrons. The molecule has 0 aliphatic carbocycles. The topological polar surface area (TPSA) is 83.6 Å². The Bertz CT molecular complexity index is 770. The van der Waals surface area contributed by atoms with Gasteiger partial charge in [0.05, 0.1) is 11.2 Å². The van der Waals surface area contributed by atoms with Crippen LogP contribution in [-0.2, 0) is 20.0 Å². The molecule has 2 rings (SSSR count). The van der Waals surface area contributed by atoms with E-state index in [-0.39, 0.29) is 22.9 Å². The third-order valence-electron chi connectivity index (χ3n) is 4.04. The molecule has 1 N–H and O–H groups in total. The molecule has 0 unspecified atom stereocenters. The van der Waals surface area contributed by atoms with Gasteiger partial charge < -0.3 is 0 Å². The van der Waals surface area contributed by atoms with Crippen molar-refractivity contribution in [2.75, 3.05) is 25.9 Å². The Morgan fingerprint density at radius 3 is 2.35 bits per heavy atom. The summed E-state index contributed by atoms with van der Waals surface area (Å²) < 4.78 is 64.5. The quantitative estimate of drug-likeness (QED) is 0.848. The van der Waals surface area contributed by atoms with Crippen LogP contribution < -0.4 is 4.72 Å². The number of hydrogen-bond donors (Lipinski definition) is 1. The second-order valence-electron chi connectivity index (χ2n) is 5.87. The van der Waals surface area contributed by atoms with Gasteiger partial charge in [0.2, 0.25) is 20.0 Å². The number of sulfonamides is 2. The molecule has 1 saturated heterocycles. The van der Waals surface area contributed by atoms with E-state index in [0.29, 0.717) is 25.9 Å². The summed E-state index contributed by atoms with van der Waals surface area (Å²) in [5.41, 5.74) is 0.273. The lowest BCUT2D eigenvalue weighted by atomic mass is 9.99. The van der Waals surface area contributed by atoms with Gasteiger partial charge >= 0.3 is 0 Å². The first-order valence-corrected chi connectivity index (χ1v) is 10.6. The minimum atomic E-state index is -3.69. The minimum Gasteiger partial charge on any atom is -0.213 e. The second kappa shape index (κ2) is 6.84. The molecule has 0 amide bonds. The SMILES string of the molecule is Cc1cc(S(=O)(=O)NCC2CCN(S(C)(=O)=O)CC2)ccc1F. The van der Waals surface area contributed by atoms with Gasteiger partial charge in [-0.15, -0.1) is 0 Å². The van der Waals surface area contributed by atoms with E-state index in [1.807, 2.05) is 0 Å². The lowest BCUT2D eigenvalue weighted by Gasteiger charge is -2.30. The summed E-state index contributed by atoms with van der Waals surface area (Å²) >= 11 is 0. The molecular formula is C14H21FN2O4S2. The van der Waals surface area contributed by atoms with Crippen LogP contribution >= 0.6 is 0 Å². The molecule has 9 heteroatoms. The summed E-state index contributed by atoms with van der Waals surface area (Å²) in [6.45, 7) is 2.56. The van der Waals surface area contributed by atoms with Crippen LogP contribution in [0.4, 0.5) is 4.39 Å². The summed E-state index contributed by atoms with van der Waals surface area (Å²) in [5.74, 6) is -0.360. The van der Waals surface area contributed by atoms with Crippen LogP contribution in [0.1, 0.15) is 18.4 Å². The largest absolute Gasteiger partial charge is 0.240 e. The summed E-state index contributed by atoms with van der Waals surface area (Å²) in [4.78, 5) is 0.0324. The van der Waals surface area contributed by atoms with Crippen LogP contribution in [0.5, 0.6) is 0 Å². The Hall–Kier alpha value is -1.03. The first-order chi connectivity index (χ1) is 10.6. The first kappa shape index (κ1) is 18.3. The van der Waals surface area contributed by atoms with Crippen molar-refractivity contribution in [2.45, 2.75) is 24.7 Å². The smallest absolute Gasteiger partial charge is 0.213 e. The summed E-state index contributed by atoms with van der Waals surface area (Å²) in [6.07, 6.45) is 2.39. The van der Waals surface area contributed by atoms with Crippen LogP contribution in [0.2, 0.25) is 0 Å². The van der Waals surface area contributed by atoms with E-state index in [2.05, 4.69) is 4.72 Å². The van der Waals surface area contributed by atoms with Gasteiger partial charge in [-0.05, 0) is 49.4 Å². The van der Waals surface area contributed by atoms with Crippen molar-refractivity contribution >= 4 is 20.0 Å². The number of nitrogens with zero attached hydrogens (tertiary/aromatic N) is 1. The van der Waals surface area contributed by atoms with Gasteiger partial charge in [0.25, 0.3) is 0 Å². The number of nitrogens with one attached hydrogen (secondary N) is 1. The van der Waals surface area contributed by atoms with Crippen molar-refractivity contribution < 1.29 is 21.2 Å². The molecule has 1 aromatic carbocycles. The number of rotatable bonds is 5. The van der Waals surface area contributed by atoms with E-state index in [1.54, 1.807) is 0 Å². The molecule has 1 aliphatic heterocycles. The zero-order valence-corrected chi connectivity index (χ0v) is 14.8. The maximum absolute atomic E-state index is 13.2. The molecule has 0 atom stereocenters. The fourth-order valence-corrected chi connectivity index (χ4v) is 4.62. The van der Waals surface area contributed by atoms with Crippen LogP contribution in [0.3, 0.4) is 0 Å². The van der Waals surface area contributed by atoms with E-state index in [0.717, 1.165) is 6.07 Å². The maximum atomic E-state index is 13.2. The fourth-order valence-electron chi connectivity index (χ4n) is 2.54. The van der Waals surface area contributed by atoms with Crippen molar-refractivity contribution in [3.8, 4) is 0 Å². The van der Waals surface area contributed by atoms with Crippen molar-refractivity contribution in [3.05, 3.63) is 29.6 Å². The lowest BCUT2D eigenvalue weighted by molar-refractivity contribution is 0.275. The van der Waals surface area contributed by atoms with E-state index < -0.39 is 25.9 Å². The molecule has 0 radical (unpaired) electrons. The summed E-state index contributed by atoms with van der Waals surface area (Å²) in [5, 5.41) is 0. The fraction of sp³-hybridized carbons (Fsp3) is 0.571. The molecule has 1 aromatic rings. The second-order valence-corrected chi connectivity index (χ2v) is 9.62. The highest BCUT2D eigenvalue weighted by Crippen LogP contribution is 2.20. The Kier molecular flexibility index (Phi) is 5.44. The predicted octanol–water partition coefficient (Wildman–Crippen LogP) is 1.08. The third-order valence-corrected chi connectivity index (χ3v) is 6.77. The predicted molar refractivity (Wildman–Crippen MR) is 85.5 cm³/mol. The Labute approximate surface area is 136 Å². The molecule has 1 heterocycles. The molecule has 23 heavy (non-hydrogen) atoms. The van der Waals surface area contributed by atoms with Crippen molar-refractivity contribution in [1.82, 2.24) is 9.03 Å². The lowest BCUT2D eigenvalue weighted by Crippen LogP contribution is -2.41. The molecule has 1 aliphatic rings. The van der Waals surface area contributed by atoms with Crippen molar-refractivity contribution in [3.63, 3.8) is 0 Å². The van der Waals surface area contributed by atoms with E-state index in [1.165, 1.54) is 29.6 Å². The van der Waals surface area contributed by atoms with Crippen molar-refractivity contribution in [1.29, 1.82) is 0 Å². The van der Waals surface area contributed by atoms with Gasteiger partial charge in [-0.25, -0.2) is 30.3 Å². The van der Waals surface area contributed by atoms with Crippen LogP contribution in [0.25, 0.3) is 0 Å². The van der Waals surface area contributed by atoms with E-state index in [9.17, 15) is 21.2 Å². The first-order valence-electron chi connectivity index (χ1n) is 7.30. The number of piperidine rings is 1. The number of benzene rings is 1. The minimum absolute atomic E-state index is 0.0324. The van der Waals surface area contributed by atoms with Crippen LogP contribution in [0, 0.1) is 18.7 Å². The van der Waals surface area contributed by atoms with Gasteiger partial charge in [0.15, 0.2) is 0 Å². The van der Waals surface area contributed by atoms with Crippen molar-refractivity contribution in [2.24, 2.45) is 5.92 Å². The van der Waals surface area contributed by atoms with Gasteiger partial charge in [-0.1, -0.05) is 0 Å². The Morgan fingerprint density at radius 1 is 1.22 bits per heavy atom. The standard InChI is InChI=1S/C14H21FN2O4S2/c1-11-9-13(3-4-14(11)15)23(20,21)16-10-12-5-7-17(8-6-12)22(2,18)19/h3-4,9,12,16H,5-8,10H2,1-2H3. The molecule has 0 spiro atoms. The highest BCUT2D eigenvalue weighted by atomic mass is 32.2. The zero-order valence-electron chi connectivity index (χ0n) is 13.1. The number of halogens is 1. The average Bonchev–Trinajstić information content (AvgIpc) is 2.47. The van der Waals surface area contributed by atoms with Crippen LogP contribution in [0.15, 0.2) is 23.1 Å². The zero-order chi connectivity index (χ0) is 17.3. The third kappa shape index (κ3) is 4.72. The monoisotopic (exact) mass is 364 g/mol. The highest BCUT2D eigenvalue weighted by molar-refractivity contribution is 7.89. The average molecular weight is 364 g/mol. The normalized spacial score (nSPS) is 18.2. The van der Waals surface area contributed by atoms with Gasteiger partial charge in [-0.2, -0.15) is 0 Å². The van der Waals surface area contributed by atoms with E-state index >= 15 is 0 Å². The Morgan fingerprint density at radius 2 is 1.83 bits per heavy atom.